The number of benzene rings is 1. The zero-order valence-corrected chi connectivity index (χ0v) is 10.5. The fourth-order valence-corrected chi connectivity index (χ4v) is 3.41. The minimum absolute atomic E-state index is 0.153. The fourth-order valence-electron chi connectivity index (χ4n) is 3.41. The summed E-state index contributed by atoms with van der Waals surface area (Å²) in [6.45, 7) is 1.12. The monoisotopic (exact) mass is 242 g/mol. The van der Waals surface area contributed by atoms with Crippen molar-refractivity contribution in [3.63, 3.8) is 0 Å². The van der Waals surface area contributed by atoms with E-state index in [1.807, 2.05) is 0 Å². The van der Waals surface area contributed by atoms with E-state index in [4.69, 9.17) is 0 Å². The first kappa shape index (κ1) is 10.6. The molecule has 2 aliphatic heterocycles. The molecule has 3 aliphatic rings. The van der Waals surface area contributed by atoms with Gasteiger partial charge in [0.2, 0.25) is 5.91 Å². The Morgan fingerprint density at radius 1 is 1.22 bits per heavy atom. The van der Waals surface area contributed by atoms with E-state index in [-0.39, 0.29) is 11.3 Å². The molecule has 1 aromatic carbocycles. The summed E-state index contributed by atoms with van der Waals surface area (Å²) in [4.78, 5) is 12.0. The van der Waals surface area contributed by atoms with Gasteiger partial charge in [-0.15, -0.1) is 0 Å². The second-order valence-corrected chi connectivity index (χ2v) is 5.84. The van der Waals surface area contributed by atoms with Gasteiger partial charge in [0.05, 0.1) is 5.41 Å². The van der Waals surface area contributed by atoms with Gasteiger partial charge in [-0.2, -0.15) is 0 Å². The zero-order valence-electron chi connectivity index (χ0n) is 10.5. The Balaban J connectivity index is 1.72. The van der Waals surface area contributed by atoms with Gasteiger partial charge in [0.1, 0.15) is 0 Å². The topological polar surface area (TPSA) is 41.1 Å². The number of piperidine rings is 1. The number of carbonyl (C=O) groups excluding carboxylic acids is 1. The fraction of sp³-hybridized carbons (Fsp3) is 0.533. The number of hydrogen-bond donors (Lipinski definition) is 2. The van der Waals surface area contributed by atoms with Crippen molar-refractivity contribution >= 4 is 11.6 Å². The SMILES string of the molecule is O=C1Nc2ccc(C3CCCCN3)cc2C12CC2. The van der Waals surface area contributed by atoms with Crippen molar-refractivity contribution in [3.05, 3.63) is 29.3 Å². The largest absolute Gasteiger partial charge is 0.325 e. The number of anilines is 1. The Labute approximate surface area is 107 Å². The van der Waals surface area contributed by atoms with Crippen molar-refractivity contribution in [2.24, 2.45) is 0 Å². The first-order valence-corrected chi connectivity index (χ1v) is 6.99. The molecular weight excluding hydrogens is 224 g/mol. The van der Waals surface area contributed by atoms with Gasteiger partial charge < -0.3 is 10.6 Å². The molecule has 4 rings (SSSR count). The Bertz CT molecular complexity index is 513. The van der Waals surface area contributed by atoms with Crippen LogP contribution in [0.4, 0.5) is 5.69 Å². The lowest BCUT2D eigenvalue weighted by molar-refractivity contribution is -0.117. The highest BCUT2D eigenvalue weighted by Gasteiger charge is 2.56. The first-order valence-electron chi connectivity index (χ1n) is 6.99. The van der Waals surface area contributed by atoms with E-state index in [0.717, 1.165) is 25.1 Å². The molecule has 0 bridgehead atoms. The molecule has 1 unspecified atom stereocenters. The summed E-state index contributed by atoms with van der Waals surface area (Å²) in [5, 5.41) is 6.60. The van der Waals surface area contributed by atoms with E-state index in [9.17, 15) is 4.79 Å². The van der Waals surface area contributed by atoms with Crippen molar-refractivity contribution in [1.29, 1.82) is 0 Å². The minimum Gasteiger partial charge on any atom is -0.325 e. The molecule has 2 fully saturated rings. The molecule has 3 nitrogen and oxygen atoms in total. The Morgan fingerprint density at radius 3 is 2.83 bits per heavy atom. The lowest BCUT2D eigenvalue weighted by Gasteiger charge is -2.24. The summed E-state index contributed by atoms with van der Waals surface area (Å²) in [6, 6.07) is 7.01. The molecule has 1 atom stereocenters. The molecule has 2 N–H and O–H groups in total. The van der Waals surface area contributed by atoms with Crippen LogP contribution in [0.3, 0.4) is 0 Å². The van der Waals surface area contributed by atoms with E-state index in [0.29, 0.717) is 6.04 Å². The van der Waals surface area contributed by atoms with Crippen molar-refractivity contribution < 1.29 is 4.79 Å². The highest BCUT2D eigenvalue weighted by Crippen LogP contribution is 2.55. The van der Waals surface area contributed by atoms with Gasteiger partial charge >= 0.3 is 0 Å². The lowest BCUT2D eigenvalue weighted by Crippen LogP contribution is -2.26. The quantitative estimate of drug-likeness (QED) is 0.794. The van der Waals surface area contributed by atoms with Crippen LogP contribution < -0.4 is 10.6 Å². The summed E-state index contributed by atoms with van der Waals surface area (Å²) < 4.78 is 0. The normalized spacial score (nSPS) is 28.0. The molecule has 0 aromatic heterocycles. The Kier molecular flexibility index (Phi) is 2.10. The summed E-state index contributed by atoms with van der Waals surface area (Å²) in [5.41, 5.74) is 3.49. The number of nitrogens with one attached hydrogen (secondary N) is 2. The maximum Gasteiger partial charge on any atom is 0.235 e. The zero-order chi connectivity index (χ0) is 12.2. The molecule has 18 heavy (non-hydrogen) atoms. The first-order chi connectivity index (χ1) is 8.79. The van der Waals surface area contributed by atoms with Crippen LogP contribution in [0, 0.1) is 0 Å². The third kappa shape index (κ3) is 1.37. The van der Waals surface area contributed by atoms with E-state index in [2.05, 4.69) is 28.8 Å². The molecule has 1 amide bonds. The molecular formula is C15H18N2O. The van der Waals surface area contributed by atoms with Gasteiger partial charge in [-0.1, -0.05) is 18.6 Å². The maximum absolute atomic E-state index is 12.0. The highest BCUT2D eigenvalue weighted by molar-refractivity contribution is 6.08. The summed E-state index contributed by atoms with van der Waals surface area (Å²) in [7, 11) is 0. The standard InChI is InChI=1S/C15H18N2O/c18-14-15(6-7-15)11-9-10(4-5-13(11)17-14)12-3-1-2-8-16-12/h4-5,9,12,16H,1-3,6-8H2,(H,17,18). The van der Waals surface area contributed by atoms with Gasteiger partial charge in [-0.25, -0.2) is 0 Å². The van der Waals surface area contributed by atoms with Crippen molar-refractivity contribution in [2.75, 3.05) is 11.9 Å². The predicted octanol–water partition coefficient (Wildman–Crippen LogP) is 2.48. The van der Waals surface area contributed by atoms with E-state index < -0.39 is 0 Å². The summed E-state index contributed by atoms with van der Waals surface area (Å²) in [5.74, 6) is 0.214. The molecule has 1 saturated carbocycles. The van der Waals surface area contributed by atoms with Crippen LogP contribution in [-0.4, -0.2) is 12.5 Å². The van der Waals surface area contributed by atoms with Crippen molar-refractivity contribution in [1.82, 2.24) is 5.32 Å². The average molecular weight is 242 g/mol. The highest BCUT2D eigenvalue weighted by atomic mass is 16.2. The molecule has 0 radical (unpaired) electrons. The number of rotatable bonds is 1. The second kappa shape index (κ2) is 3.58. The number of carbonyl (C=O) groups is 1. The van der Waals surface area contributed by atoms with Gasteiger partial charge in [0.15, 0.2) is 0 Å². The third-order valence-corrected chi connectivity index (χ3v) is 4.70. The van der Waals surface area contributed by atoms with Crippen LogP contribution in [0.1, 0.15) is 49.3 Å². The molecule has 1 aromatic rings. The van der Waals surface area contributed by atoms with Gasteiger partial charge in [-0.3, -0.25) is 4.79 Å². The molecule has 1 aliphatic carbocycles. The number of amides is 1. The van der Waals surface area contributed by atoms with Crippen LogP contribution in [0.15, 0.2) is 18.2 Å². The van der Waals surface area contributed by atoms with Crippen LogP contribution in [-0.2, 0) is 10.2 Å². The molecule has 1 spiro atoms. The third-order valence-electron chi connectivity index (χ3n) is 4.70. The van der Waals surface area contributed by atoms with E-state index >= 15 is 0 Å². The van der Waals surface area contributed by atoms with Gasteiger partial charge in [0.25, 0.3) is 0 Å². The predicted molar refractivity (Wildman–Crippen MR) is 70.6 cm³/mol. The minimum atomic E-state index is -0.153. The average Bonchev–Trinajstić information content (AvgIpc) is 3.16. The smallest absolute Gasteiger partial charge is 0.235 e. The van der Waals surface area contributed by atoms with E-state index in [1.165, 1.54) is 30.4 Å². The van der Waals surface area contributed by atoms with E-state index in [1.54, 1.807) is 0 Å². The van der Waals surface area contributed by atoms with Crippen molar-refractivity contribution in [3.8, 4) is 0 Å². The van der Waals surface area contributed by atoms with Crippen LogP contribution >= 0.6 is 0 Å². The Morgan fingerprint density at radius 2 is 2.11 bits per heavy atom. The second-order valence-electron chi connectivity index (χ2n) is 5.84. The molecule has 1 saturated heterocycles. The van der Waals surface area contributed by atoms with Crippen LogP contribution in [0.5, 0.6) is 0 Å². The number of fused-ring (bicyclic) bond motifs is 2. The van der Waals surface area contributed by atoms with Gasteiger partial charge in [-0.05, 0) is 49.4 Å². The van der Waals surface area contributed by atoms with Crippen LogP contribution in [0.25, 0.3) is 0 Å². The maximum atomic E-state index is 12.0. The van der Waals surface area contributed by atoms with Gasteiger partial charge in [0, 0.05) is 11.7 Å². The lowest BCUT2D eigenvalue weighted by atomic mass is 9.91. The molecule has 3 heteroatoms. The summed E-state index contributed by atoms with van der Waals surface area (Å²) in [6.07, 6.45) is 5.84. The van der Waals surface area contributed by atoms with Crippen LogP contribution in [0.2, 0.25) is 0 Å². The Hall–Kier alpha value is -1.35. The summed E-state index contributed by atoms with van der Waals surface area (Å²) >= 11 is 0. The van der Waals surface area contributed by atoms with Crippen molar-refractivity contribution in [2.45, 2.75) is 43.6 Å². The molecule has 94 valence electrons. The number of hydrogen-bond acceptors (Lipinski definition) is 2. The molecule has 2 heterocycles.